The molecule has 0 aliphatic rings. The van der Waals surface area contributed by atoms with Crippen molar-refractivity contribution >= 4 is 61.6 Å². The topological polar surface area (TPSA) is 67.4 Å². The number of thiocarbonyl (C=S) groups is 1. The fraction of sp³-hybridized carbons (Fsp3) is 0.0952. The van der Waals surface area contributed by atoms with Crippen molar-refractivity contribution in [3.05, 3.63) is 76.3 Å². The van der Waals surface area contributed by atoms with Crippen molar-refractivity contribution in [3.8, 4) is 0 Å². The number of carbonyl (C=O) groups is 2. The third kappa shape index (κ3) is 4.55. The second-order valence-electron chi connectivity index (χ2n) is 5.85. The van der Waals surface area contributed by atoms with Crippen molar-refractivity contribution in [2.24, 2.45) is 0 Å². The molecule has 7 heteroatoms. The van der Waals surface area contributed by atoms with E-state index in [0.29, 0.717) is 23.4 Å². The molecule has 2 N–H and O–H groups in total. The Morgan fingerprint density at radius 1 is 1.00 bits per heavy atom. The Kier molecular flexibility index (Phi) is 6.38. The molecule has 3 aromatic rings. The van der Waals surface area contributed by atoms with E-state index in [4.69, 9.17) is 17.0 Å². The summed E-state index contributed by atoms with van der Waals surface area (Å²) in [7, 11) is 0. The molecule has 3 rings (SSSR count). The molecule has 0 bridgehead atoms. The van der Waals surface area contributed by atoms with Crippen molar-refractivity contribution < 1.29 is 14.3 Å². The minimum Gasteiger partial charge on any atom is -0.462 e. The van der Waals surface area contributed by atoms with Crippen LogP contribution in [0.2, 0.25) is 0 Å². The lowest BCUT2D eigenvalue weighted by molar-refractivity contribution is 0.0526. The molecule has 0 unspecified atom stereocenters. The van der Waals surface area contributed by atoms with Gasteiger partial charge in [0.1, 0.15) is 0 Å². The SMILES string of the molecule is CCOC(=O)c1ccc(NC(=S)NC(=O)c2cccc3c(Br)cccc23)cc1. The van der Waals surface area contributed by atoms with Gasteiger partial charge in [0.05, 0.1) is 12.2 Å². The van der Waals surface area contributed by atoms with E-state index in [0.717, 1.165) is 15.2 Å². The lowest BCUT2D eigenvalue weighted by atomic mass is 10.0. The van der Waals surface area contributed by atoms with Gasteiger partial charge in [-0.3, -0.25) is 10.1 Å². The molecule has 0 aliphatic carbocycles. The average Bonchev–Trinajstić information content (AvgIpc) is 2.68. The van der Waals surface area contributed by atoms with Crippen molar-refractivity contribution in [2.45, 2.75) is 6.92 Å². The number of halogens is 1. The molecule has 0 saturated carbocycles. The summed E-state index contributed by atoms with van der Waals surface area (Å²) in [5, 5.41) is 7.57. The zero-order chi connectivity index (χ0) is 20.1. The highest BCUT2D eigenvalue weighted by Crippen LogP contribution is 2.26. The monoisotopic (exact) mass is 456 g/mol. The number of nitrogens with one attached hydrogen (secondary N) is 2. The van der Waals surface area contributed by atoms with E-state index in [9.17, 15) is 9.59 Å². The van der Waals surface area contributed by atoms with Gasteiger partial charge in [-0.15, -0.1) is 0 Å². The van der Waals surface area contributed by atoms with Gasteiger partial charge in [-0.2, -0.15) is 0 Å². The van der Waals surface area contributed by atoms with Crippen LogP contribution in [-0.4, -0.2) is 23.6 Å². The van der Waals surface area contributed by atoms with E-state index in [1.54, 1.807) is 37.3 Å². The molecule has 142 valence electrons. The molecule has 0 aliphatic heterocycles. The van der Waals surface area contributed by atoms with Crippen LogP contribution in [0.1, 0.15) is 27.6 Å². The first-order valence-corrected chi connectivity index (χ1v) is 9.76. The van der Waals surface area contributed by atoms with Crippen LogP contribution in [0.25, 0.3) is 10.8 Å². The van der Waals surface area contributed by atoms with Crippen molar-refractivity contribution in [2.75, 3.05) is 11.9 Å². The highest BCUT2D eigenvalue weighted by atomic mass is 79.9. The van der Waals surface area contributed by atoms with Gasteiger partial charge < -0.3 is 10.1 Å². The Balaban J connectivity index is 1.69. The summed E-state index contributed by atoms with van der Waals surface area (Å²) in [4.78, 5) is 24.4. The maximum atomic E-state index is 12.7. The van der Waals surface area contributed by atoms with E-state index in [1.165, 1.54) is 0 Å². The Morgan fingerprint density at radius 3 is 2.39 bits per heavy atom. The van der Waals surface area contributed by atoms with Gasteiger partial charge in [0.25, 0.3) is 5.91 Å². The van der Waals surface area contributed by atoms with Gasteiger partial charge in [-0.25, -0.2) is 4.79 Å². The van der Waals surface area contributed by atoms with Crippen LogP contribution >= 0.6 is 28.1 Å². The number of amides is 1. The van der Waals surface area contributed by atoms with E-state index in [-0.39, 0.29) is 17.0 Å². The summed E-state index contributed by atoms with van der Waals surface area (Å²) in [6.45, 7) is 2.07. The number of rotatable bonds is 4. The number of benzene rings is 3. The highest BCUT2D eigenvalue weighted by molar-refractivity contribution is 9.10. The van der Waals surface area contributed by atoms with Crippen LogP contribution in [0.4, 0.5) is 5.69 Å². The molecule has 0 heterocycles. The maximum Gasteiger partial charge on any atom is 0.338 e. The smallest absolute Gasteiger partial charge is 0.338 e. The van der Waals surface area contributed by atoms with Crippen LogP contribution in [0, 0.1) is 0 Å². The van der Waals surface area contributed by atoms with E-state index < -0.39 is 0 Å². The van der Waals surface area contributed by atoms with Crippen LogP contribution in [-0.2, 0) is 4.74 Å². The third-order valence-electron chi connectivity index (χ3n) is 3.99. The van der Waals surface area contributed by atoms with E-state index >= 15 is 0 Å². The number of fused-ring (bicyclic) bond motifs is 1. The summed E-state index contributed by atoms with van der Waals surface area (Å²) in [5.41, 5.74) is 1.63. The second-order valence-corrected chi connectivity index (χ2v) is 7.11. The fourth-order valence-electron chi connectivity index (χ4n) is 2.71. The molecular formula is C21H17BrN2O3S. The molecule has 0 radical (unpaired) electrons. The first kappa shape index (κ1) is 20.0. The predicted molar refractivity (Wildman–Crippen MR) is 118 cm³/mol. The lowest BCUT2D eigenvalue weighted by Gasteiger charge is -2.12. The van der Waals surface area contributed by atoms with Gasteiger partial charge in [0.2, 0.25) is 0 Å². The quantitative estimate of drug-likeness (QED) is 0.431. The van der Waals surface area contributed by atoms with E-state index in [2.05, 4.69) is 26.6 Å². The Labute approximate surface area is 176 Å². The first-order chi connectivity index (χ1) is 13.5. The lowest BCUT2D eigenvalue weighted by Crippen LogP contribution is -2.34. The van der Waals surface area contributed by atoms with Crippen molar-refractivity contribution in [1.82, 2.24) is 5.32 Å². The summed E-state index contributed by atoms with van der Waals surface area (Å²) in [6, 6.07) is 17.9. The Hall–Kier alpha value is -2.77. The van der Waals surface area contributed by atoms with Gasteiger partial charge in [-0.1, -0.05) is 40.2 Å². The summed E-state index contributed by atoms with van der Waals surface area (Å²) in [5.74, 6) is -0.684. The molecule has 1 amide bonds. The highest BCUT2D eigenvalue weighted by Gasteiger charge is 2.13. The zero-order valence-corrected chi connectivity index (χ0v) is 17.4. The third-order valence-corrected chi connectivity index (χ3v) is 4.89. The molecule has 5 nitrogen and oxygen atoms in total. The number of hydrogen-bond acceptors (Lipinski definition) is 4. The Bertz CT molecular complexity index is 1050. The molecule has 3 aromatic carbocycles. The molecule has 0 fully saturated rings. The molecule has 0 saturated heterocycles. The van der Waals surface area contributed by atoms with Gasteiger partial charge in [-0.05, 0) is 66.3 Å². The number of hydrogen-bond donors (Lipinski definition) is 2. The summed E-state index contributed by atoms with van der Waals surface area (Å²) in [6.07, 6.45) is 0. The van der Waals surface area contributed by atoms with Crippen LogP contribution < -0.4 is 10.6 Å². The van der Waals surface area contributed by atoms with Crippen LogP contribution in [0.5, 0.6) is 0 Å². The van der Waals surface area contributed by atoms with Gasteiger partial charge in [0.15, 0.2) is 5.11 Å². The minimum absolute atomic E-state index is 0.167. The van der Waals surface area contributed by atoms with Gasteiger partial charge >= 0.3 is 5.97 Å². The van der Waals surface area contributed by atoms with E-state index in [1.807, 2.05) is 30.3 Å². The maximum absolute atomic E-state index is 12.7. The average molecular weight is 457 g/mol. The normalized spacial score (nSPS) is 10.4. The molecule has 0 atom stereocenters. The van der Waals surface area contributed by atoms with Crippen LogP contribution in [0.3, 0.4) is 0 Å². The van der Waals surface area contributed by atoms with Crippen molar-refractivity contribution in [1.29, 1.82) is 0 Å². The summed E-state index contributed by atoms with van der Waals surface area (Å²) < 4.78 is 5.87. The second kappa shape index (κ2) is 8.95. The largest absolute Gasteiger partial charge is 0.462 e. The molecular weight excluding hydrogens is 440 g/mol. The number of carbonyl (C=O) groups excluding carboxylic acids is 2. The molecule has 28 heavy (non-hydrogen) atoms. The van der Waals surface area contributed by atoms with Gasteiger partial charge in [0, 0.05) is 15.7 Å². The standard InChI is InChI=1S/C21H17BrN2O3S/c1-2-27-20(26)13-9-11-14(12-10-13)23-21(28)24-19(25)17-7-3-6-16-15(17)5-4-8-18(16)22/h3-12H,2H2,1H3,(H2,23,24,25,28). The molecule has 0 spiro atoms. The summed E-state index contributed by atoms with van der Waals surface area (Å²) >= 11 is 8.74. The van der Waals surface area contributed by atoms with Crippen molar-refractivity contribution in [3.63, 3.8) is 0 Å². The zero-order valence-electron chi connectivity index (χ0n) is 15.0. The van der Waals surface area contributed by atoms with Crippen LogP contribution in [0.15, 0.2) is 65.1 Å². The number of anilines is 1. The number of esters is 1. The molecule has 0 aromatic heterocycles. The first-order valence-electron chi connectivity index (χ1n) is 8.56. The minimum atomic E-state index is -0.382. The Morgan fingerprint density at radius 2 is 1.68 bits per heavy atom. The fourth-order valence-corrected chi connectivity index (χ4v) is 3.42. The predicted octanol–water partition coefficient (Wildman–Crippen LogP) is 4.91. The number of ether oxygens (including phenoxy) is 1.